The fourth-order valence-corrected chi connectivity index (χ4v) is 2.93. The lowest BCUT2D eigenvalue weighted by atomic mass is 9.80. The Balaban J connectivity index is 2.31. The molecule has 0 spiro atoms. The van der Waals surface area contributed by atoms with Crippen LogP contribution in [0, 0.1) is 12.3 Å². The van der Waals surface area contributed by atoms with Crippen molar-refractivity contribution in [3.05, 3.63) is 29.3 Å². The van der Waals surface area contributed by atoms with E-state index in [2.05, 4.69) is 36.9 Å². The highest BCUT2D eigenvalue weighted by Crippen LogP contribution is 2.42. The summed E-state index contributed by atoms with van der Waals surface area (Å²) in [4.78, 5) is 13.7. The summed E-state index contributed by atoms with van der Waals surface area (Å²) in [5.74, 6) is -0.391. The zero-order valence-electron chi connectivity index (χ0n) is 12.2. The average molecular weight is 261 g/mol. The van der Waals surface area contributed by atoms with Crippen LogP contribution in [0.15, 0.2) is 18.2 Å². The van der Waals surface area contributed by atoms with Gasteiger partial charge in [-0.3, -0.25) is 4.79 Å². The summed E-state index contributed by atoms with van der Waals surface area (Å²) >= 11 is 0. The summed E-state index contributed by atoms with van der Waals surface area (Å²) in [6, 6.07) is 6.52. The quantitative estimate of drug-likeness (QED) is 0.902. The SMILES string of the molecule is CCN1CC(CC(C)(C)C(=O)O)c2cc(C)ccc21. The van der Waals surface area contributed by atoms with E-state index in [4.69, 9.17) is 0 Å². The number of hydrogen-bond donors (Lipinski definition) is 1. The second-order valence-corrected chi connectivity index (χ2v) is 6.19. The number of aryl methyl sites for hydroxylation is 1. The zero-order chi connectivity index (χ0) is 14.2. The number of rotatable bonds is 4. The van der Waals surface area contributed by atoms with Gasteiger partial charge in [0.2, 0.25) is 0 Å². The highest BCUT2D eigenvalue weighted by atomic mass is 16.4. The lowest BCUT2D eigenvalue weighted by molar-refractivity contribution is -0.147. The maximum absolute atomic E-state index is 11.3. The fourth-order valence-electron chi connectivity index (χ4n) is 2.93. The van der Waals surface area contributed by atoms with Crippen LogP contribution in [0.1, 0.15) is 44.2 Å². The van der Waals surface area contributed by atoms with Crippen LogP contribution in [-0.4, -0.2) is 24.2 Å². The van der Waals surface area contributed by atoms with Gasteiger partial charge in [0.15, 0.2) is 0 Å². The standard InChI is InChI=1S/C16H23NO2/c1-5-17-10-12(9-16(3,4)15(18)19)13-8-11(2)6-7-14(13)17/h6-8,12H,5,9-10H2,1-4H3,(H,18,19). The number of hydrogen-bond acceptors (Lipinski definition) is 2. The molecule has 0 saturated heterocycles. The molecule has 19 heavy (non-hydrogen) atoms. The molecule has 0 amide bonds. The van der Waals surface area contributed by atoms with Crippen molar-refractivity contribution in [1.82, 2.24) is 0 Å². The summed E-state index contributed by atoms with van der Waals surface area (Å²) in [6.07, 6.45) is 0.690. The first-order chi connectivity index (χ1) is 8.85. The van der Waals surface area contributed by atoms with Crippen LogP contribution < -0.4 is 4.90 Å². The highest BCUT2D eigenvalue weighted by Gasteiger charge is 2.36. The number of likely N-dealkylation sites (N-methyl/N-ethyl adjacent to an activating group) is 1. The Kier molecular flexibility index (Phi) is 3.57. The van der Waals surface area contributed by atoms with E-state index in [0.29, 0.717) is 12.3 Å². The number of carbonyl (C=O) groups is 1. The van der Waals surface area contributed by atoms with Crippen LogP contribution in [-0.2, 0) is 4.79 Å². The highest BCUT2D eigenvalue weighted by molar-refractivity contribution is 5.74. The van der Waals surface area contributed by atoms with Crippen molar-refractivity contribution in [2.24, 2.45) is 5.41 Å². The van der Waals surface area contributed by atoms with Crippen molar-refractivity contribution in [2.45, 2.75) is 40.0 Å². The van der Waals surface area contributed by atoms with Gasteiger partial charge in [0.1, 0.15) is 0 Å². The Morgan fingerprint density at radius 1 is 1.47 bits per heavy atom. The molecule has 2 rings (SSSR count). The number of benzene rings is 1. The molecule has 1 atom stereocenters. The maximum Gasteiger partial charge on any atom is 0.309 e. The minimum absolute atomic E-state index is 0.320. The van der Waals surface area contributed by atoms with E-state index in [9.17, 15) is 9.90 Å². The zero-order valence-corrected chi connectivity index (χ0v) is 12.2. The molecular weight excluding hydrogens is 238 g/mol. The van der Waals surface area contributed by atoms with Gasteiger partial charge in [0.25, 0.3) is 0 Å². The van der Waals surface area contributed by atoms with Crippen LogP contribution in [0.25, 0.3) is 0 Å². The molecule has 104 valence electrons. The van der Waals surface area contributed by atoms with Crippen LogP contribution in [0.3, 0.4) is 0 Å². The van der Waals surface area contributed by atoms with Gasteiger partial charge >= 0.3 is 5.97 Å². The molecule has 1 heterocycles. The lowest BCUT2D eigenvalue weighted by Gasteiger charge is -2.24. The third-order valence-corrected chi connectivity index (χ3v) is 4.12. The molecule has 0 aromatic heterocycles. The second-order valence-electron chi connectivity index (χ2n) is 6.19. The topological polar surface area (TPSA) is 40.5 Å². The minimum atomic E-state index is -0.711. The summed E-state index contributed by atoms with van der Waals surface area (Å²) in [6.45, 7) is 9.79. The van der Waals surface area contributed by atoms with Gasteiger partial charge in [-0.25, -0.2) is 0 Å². The van der Waals surface area contributed by atoms with E-state index in [0.717, 1.165) is 13.1 Å². The largest absolute Gasteiger partial charge is 0.481 e. The van der Waals surface area contributed by atoms with Crippen LogP contribution in [0.5, 0.6) is 0 Å². The second kappa shape index (κ2) is 4.87. The van der Waals surface area contributed by atoms with Crippen molar-refractivity contribution < 1.29 is 9.90 Å². The van der Waals surface area contributed by atoms with E-state index in [1.165, 1.54) is 16.8 Å². The molecule has 1 N–H and O–H groups in total. The average Bonchev–Trinajstić information content (AvgIpc) is 2.66. The van der Waals surface area contributed by atoms with E-state index in [1.54, 1.807) is 0 Å². The fraction of sp³-hybridized carbons (Fsp3) is 0.562. The van der Waals surface area contributed by atoms with Crippen molar-refractivity contribution in [3.8, 4) is 0 Å². The van der Waals surface area contributed by atoms with Gasteiger partial charge in [0.05, 0.1) is 5.41 Å². The van der Waals surface area contributed by atoms with E-state index in [1.807, 2.05) is 13.8 Å². The van der Waals surface area contributed by atoms with Crippen molar-refractivity contribution in [3.63, 3.8) is 0 Å². The van der Waals surface area contributed by atoms with Crippen LogP contribution >= 0.6 is 0 Å². The third kappa shape index (κ3) is 2.60. The van der Waals surface area contributed by atoms with Gasteiger partial charge < -0.3 is 10.0 Å². The first-order valence-corrected chi connectivity index (χ1v) is 6.94. The van der Waals surface area contributed by atoms with Crippen LogP contribution in [0.2, 0.25) is 0 Å². The Morgan fingerprint density at radius 2 is 2.16 bits per heavy atom. The molecule has 3 heteroatoms. The Bertz CT molecular complexity index is 494. The number of aliphatic carboxylic acids is 1. The van der Waals surface area contributed by atoms with E-state index in [-0.39, 0.29) is 0 Å². The number of carboxylic acid groups (broad SMARTS) is 1. The molecule has 1 aliphatic heterocycles. The molecule has 0 bridgehead atoms. The Hall–Kier alpha value is -1.51. The monoisotopic (exact) mass is 261 g/mol. The third-order valence-electron chi connectivity index (χ3n) is 4.12. The maximum atomic E-state index is 11.3. The number of anilines is 1. The van der Waals surface area contributed by atoms with Gasteiger partial charge in [-0.05, 0) is 45.7 Å². The molecule has 3 nitrogen and oxygen atoms in total. The molecule has 1 aromatic carbocycles. The molecule has 0 fully saturated rings. The number of nitrogens with zero attached hydrogens (tertiary/aromatic N) is 1. The predicted octanol–water partition coefficient (Wildman–Crippen LogP) is 3.42. The summed E-state index contributed by atoms with van der Waals surface area (Å²) < 4.78 is 0. The Morgan fingerprint density at radius 3 is 2.74 bits per heavy atom. The van der Waals surface area contributed by atoms with E-state index < -0.39 is 11.4 Å². The van der Waals surface area contributed by atoms with Crippen LogP contribution in [0.4, 0.5) is 5.69 Å². The molecule has 1 aliphatic rings. The van der Waals surface area contributed by atoms with Gasteiger partial charge in [-0.1, -0.05) is 17.7 Å². The summed E-state index contributed by atoms with van der Waals surface area (Å²) in [5, 5.41) is 9.31. The normalized spacial score (nSPS) is 18.5. The molecule has 0 radical (unpaired) electrons. The minimum Gasteiger partial charge on any atom is -0.481 e. The molecular formula is C16H23NO2. The molecule has 1 aromatic rings. The van der Waals surface area contributed by atoms with Gasteiger partial charge in [-0.2, -0.15) is 0 Å². The predicted molar refractivity (Wildman–Crippen MR) is 77.8 cm³/mol. The first kappa shape index (κ1) is 13.9. The molecule has 1 unspecified atom stereocenters. The summed E-state index contributed by atoms with van der Waals surface area (Å²) in [7, 11) is 0. The van der Waals surface area contributed by atoms with Crippen molar-refractivity contribution in [1.29, 1.82) is 0 Å². The van der Waals surface area contributed by atoms with E-state index >= 15 is 0 Å². The number of carboxylic acids is 1. The van der Waals surface area contributed by atoms with Crippen molar-refractivity contribution >= 4 is 11.7 Å². The summed E-state index contributed by atoms with van der Waals surface area (Å²) in [5.41, 5.74) is 3.17. The smallest absolute Gasteiger partial charge is 0.309 e. The lowest BCUT2D eigenvalue weighted by Crippen LogP contribution is -2.28. The van der Waals surface area contributed by atoms with Gasteiger partial charge in [0, 0.05) is 24.7 Å². The molecule has 0 saturated carbocycles. The number of fused-ring (bicyclic) bond motifs is 1. The first-order valence-electron chi connectivity index (χ1n) is 6.94. The molecule has 0 aliphatic carbocycles. The van der Waals surface area contributed by atoms with Crippen molar-refractivity contribution in [2.75, 3.05) is 18.0 Å². The van der Waals surface area contributed by atoms with Gasteiger partial charge in [-0.15, -0.1) is 0 Å². The Labute approximate surface area is 115 Å².